The molecule has 0 aliphatic heterocycles. The van der Waals surface area contributed by atoms with E-state index in [2.05, 4.69) is 0 Å². The Hall–Kier alpha value is -2.40. The SMILES string of the molecule is NC(=S)c1ccc(OC(=O)c2ccccc2O)cc1. The van der Waals surface area contributed by atoms with E-state index in [1.165, 1.54) is 12.1 Å². The van der Waals surface area contributed by atoms with Crippen molar-refractivity contribution in [1.82, 2.24) is 0 Å². The molecule has 0 aliphatic rings. The van der Waals surface area contributed by atoms with Crippen LogP contribution in [0, 0.1) is 0 Å². The molecule has 96 valence electrons. The van der Waals surface area contributed by atoms with Crippen molar-refractivity contribution in [3.63, 3.8) is 0 Å². The van der Waals surface area contributed by atoms with Crippen LogP contribution in [-0.4, -0.2) is 16.1 Å². The van der Waals surface area contributed by atoms with E-state index < -0.39 is 5.97 Å². The van der Waals surface area contributed by atoms with Crippen LogP contribution < -0.4 is 10.5 Å². The number of esters is 1. The van der Waals surface area contributed by atoms with Crippen molar-refractivity contribution in [2.24, 2.45) is 5.73 Å². The van der Waals surface area contributed by atoms with Gasteiger partial charge in [-0.15, -0.1) is 0 Å². The predicted octanol–water partition coefficient (Wildman–Crippen LogP) is 2.25. The van der Waals surface area contributed by atoms with Gasteiger partial charge in [-0.1, -0.05) is 24.4 Å². The number of nitrogens with two attached hydrogens (primary N) is 1. The predicted molar refractivity (Wildman–Crippen MR) is 75.4 cm³/mol. The van der Waals surface area contributed by atoms with Gasteiger partial charge in [-0.25, -0.2) is 4.79 Å². The summed E-state index contributed by atoms with van der Waals surface area (Å²) in [7, 11) is 0. The van der Waals surface area contributed by atoms with Crippen molar-refractivity contribution in [2.45, 2.75) is 0 Å². The monoisotopic (exact) mass is 273 g/mol. The Morgan fingerprint density at radius 3 is 2.32 bits per heavy atom. The number of carbonyl (C=O) groups excluding carboxylic acids is 1. The van der Waals surface area contributed by atoms with Gasteiger partial charge in [-0.2, -0.15) is 0 Å². The number of phenolic OH excluding ortho intramolecular Hbond substituents is 1. The van der Waals surface area contributed by atoms with Gasteiger partial charge in [0, 0.05) is 5.56 Å². The highest BCUT2D eigenvalue weighted by atomic mass is 32.1. The van der Waals surface area contributed by atoms with E-state index in [4.69, 9.17) is 22.7 Å². The van der Waals surface area contributed by atoms with Gasteiger partial charge < -0.3 is 15.6 Å². The number of aromatic hydroxyl groups is 1. The molecule has 2 aromatic carbocycles. The van der Waals surface area contributed by atoms with E-state index in [0.29, 0.717) is 11.3 Å². The molecule has 2 aromatic rings. The highest BCUT2D eigenvalue weighted by molar-refractivity contribution is 7.80. The molecule has 3 N–H and O–H groups in total. The lowest BCUT2D eigenvalue weighted by Crippen LogP contribution is -2.10. The number of benzene rings is 2. The lowest BCUT2D eigenvalue weighted by Gasteiger charge is -2.06. The Morgan fingerprint density at radius 2 is 1.74 bits per heavy atom. The molecule has 0 bridgehead atoms. The molecule has 0 saturated heterocycles. The van der Waals surface area contributed by atoms with Crippen LogP contribution in [0.3, 0.4) is 0 Å². The summed E-state index contributed by atoms with van der Waals surface area (Å²) in [5.41, 5.74) is 6.27. The first-order chi connectivity index (χ1) is 9.08. The van der Waals surface area contributed by atoms with E-state index in [-0.39, 0.29) is 16.3 Å². The third kappa shape index (κ3) is 3.08. The normalized spacial score (nSPS) is 9.89. The van der Waals surface area contributed by atoms with Gasteiger partial charge in [0.1, 0.15) is 22.1 Å². The van der Waals surface area contributed by atoms with Crippen LogP contribution in [0.1, 0.15) is 15.9 Å². The highest BCUT2D eigenvalue weighted by Gasteiger charge is 2.12. The van der Waals surface area contributed by atoms with Crippen LogP contribution in [-0.2, 0) is 0 Å². The van der Waals surface area contributed by atoms with Crippen molar-refractivity contribution < 1.29 is 14.6 Å². The molecule has 0 radical (unpaired) electrons. The Labute approximate surface area is 115 Å². The van der Waals surface area contributed by atoms with E-state index in [1.54, 1.807) is 36.4 Å². The zero-order valence-corrected chi connectivity index (χ0v) is 10.7. The summed E-state index contributed by atoms with van der Waals surface area (Å²) < 4.78 is 5.13. The number of hydrogen-bond donors (Lipinski definition) is 2. The van der Waals surface area contributed by atoms with Gasteiger partial charge >= 0.3 is 5.97 Å². The fraction of sp³-hybridized carbons (Fsp3) is 0. The first-order valence-corrected chi connectivity index (χ1v) is 5.89. The summed E-state index contributed by atoms with van der Waals surface area (Å²) in [6.07, 6.45) is 0. The summed E-state index contributed by atoms with van der Waals surface area (Å²) in [5, 5.41) is 9.54. The second kappa shape index (κ2) is 5.49. The lowest BCUT2D eigenvalue weighted by atomic mass is 10.2. The third-order valence-corrected chi connectivity index (χ3v) is 2.71. The van der Waals surface area contributed by atoms with Crippen molar-refractivity contribution in [1.29, 1.82) is 0 Å². The van der Waals surface area contributed by atoms with Gasteiger partial charge in [-0.05, 0) is 36.4 Å². The average molecular weight is 273 g/mol. The van der Waals surface area contributed by atoms with Crippen molar-refractivity contribution in [3.8, 4) is 11.5 Å². The number of carbonyl (C=O) groups is 1. The standard InChI is InChI=1S/C14H11NO3S/c15-13(19)9-5-7-10(8-6-9)18-14(17)11-3-1-2-4-12(11)16/h1-8,16H,(H2,15,19). The highest BCUT2D eigenvalue weighted by Crippen LogP contribution is 2.19. The van der Waals surface area contributed by atoms with Crippen molar-refractivity contribution in [3.05, 3.63) is 59.7 Å². The Bertz CT molecular complexity index is 623. The summed E-state index contributed by atoms with van der Waals surface area (Å²) >= 11 is 4.82. The number of phenols is 1. The maximum Gasteiger partial charge on any atom is 0.347 e. The first-order valence-electron chi connectivity index (χ1n) is 5.48. The molecule has 19 heavy (non-hydrogen) atoms. The zero-order chi connectivity index (χ0) is 13.8. The molecule has 0 heterocycles. The van der Waals surface area contributed by atoms with Crippen LogP contribution in [0.4, 0.5) is 0 Å². The van der Waals surface area contributed by atoms with E-state index >= 15 is 0 Å². The number of rotatable bonds is 3. The topological polar surface area (TPSA) is 72.5 Å². The minimum absolute atomic E-state index is 0.112. The lowest BCUT2D eigenvalue weighted by molar-refractivity contribution is 0.0731. The van der Waals surface area contributed by atoms with Crippen LogP contribution in [0.5, 0.6) is 11.5 Å². The molecule has 0 atom stereocenters. The molecule has 0 saturated carbocycles. The molecule has 0 spiro atoms. The quantitative estimate of drug-likeness (QED) is 0.510. The molecular formula is C14H11NO3S. The smallest absolute Gasteiger partial charge is 0.347 e. The van der Waals surface area contributed by atoms with Crippen LogP contribution in [0.2, 0.25) is 0 Å². The van der Waals surface area contributed by atoms with E-state index in [9.17, 15) is 9.90 Å². The molecule has 0 unspecified atom stereocenters. The minimum atomic E-state index is -0.624. The molecule has 2 rings (SSSR count). The molecule has 5 heteroatoms. The summed E-state index contributed by atoms with van der Waals surface area (Å²) in [6.45, 7) is 0. The van der Waals surface area contributed by atoms with Gasteiger partial charge in [-0.3, -0.25) is 0 Å². The second-order valence-corrected chi connectivity index (χ2v) is 4.24. The van der Waals surface area contributed by atoms with Crippen LogP contribution >= 0.6 is 12.2 Å². The molecular weight excluding hydrogens is 262 g/mol. The Balaban J connectivity index is 2.15. The van der Waals surface area contributed by atoms with Crippen LogP contribution in [0.15, 0.2) is 48.5 Å². The van der Waals surface area contributed by atoms with Gasteiger partial charge in [0.2, 0.25) is 0 Å². The van der Waals surface area contributed by atoms with E-state index in [0.717, 1.165) is 0 Å². The number of thiocarbonyl (C=S) groups is 1. The molecule has 0 amide bonds. The fourth-order valence-corrected chi connectivity index (χ4v) is 1.63. The third-order valence-electron chi connectivity index (χ3n) is 2.47. The van der Waals surface area contributed by atoms with Gasteiger partial charge in [0.15, 0.2) is 0 Å². The largest absolute Gasteiger partial charge is 0.507 e. The van der Waals surface area contributed by atoms with Crippen molar-refractivity contribution >= 4 is 23.2 Å². The molecule has 4 nitrogen and oxygen atoms in total. The number of hydrogen-bond acceptors (Lipinski definition) is 4. The van der Waals surface area contributed by atoms with Gasteiger partial charge in [0.05, 0.1) is 0 Å². The summed E-state index contributed by atoms with van der Waals surface area (Å²) in [5.74, 6) is -0.387. The molecule has 0 aromatic heterocycles. The fourth-order valence-electron chi connectivity index (χ4n) is 1.50. The first kappa shape index (κ1) is 13.0. The van der Waals surface area contributed by atoms with E-state index in [1.807, 2.05) is 0 Å². The van der Waals surface area contributed by atoms with Crippen LogP contribution in [0.25, 0.3) is 0 Å². The maximum absolute atomic E-state index is 11.8. The second-order valence-electron chi connectivity index (χ2n) is 3.80. The zero-order valence-electron chi connectivity index (χ0n) is 9.87. The number of ether oxygens (including phenoxy) is 1. The minimum Gasteiger partial charge on any atom is -0.507 e. The number of para-hydroxylation sites is 1. The maximum atomic E-state index is 11.8. The molecule has 0 aliphatic carbocycles. The van der Waals surface area contributed by atoms with Crippen molar-refractivity contribution in [2.75, 3.05) is 0 Å². The molecule has 0 fully saturated rings. The summed E-state index contributed by atoms with van der Waals surface area (Å²) in [4.78, 5) is 12.1. The Morgan fingerprint density at radius 1 is 1.11 bits per heavy atom. The van der Waals surface area contributed by atoms with Gasteiger partial charge in [0.25, 0.3) is 0 Å². The Kier molecular flexibility index (Phi) is 3.77. The average Bonchev–Trinajstić information content (AvgIpc) is 2.39. The summed E-state index contributed by atoms with van der Waals surface area (Å²) in [6, 6.07) is 12.7.